The summed E-state index contributed by atoms with van der Waals surface area (Å²) in [7, 11) is 1.80. The molecule has 0 spiro atoms. The van der Waals surface area contributed by atoms with E-state index in [1.165, 1.54) is 17.7 Å². The van der Waals surface area contributed by atoms with Crippen molar-refractivity contribution in [2.24, 2.45) is 4.99 Å². The van der Waals surface area contributed by atoms with Crippen molar-refractivity contribution in [3.63, 3.8) is 0 Å². The van der Waals surface area contributed by atoms with E-state index in [1.807, 2.05) is 40.5 Å². The second kappa shape index (κ2) is 12.4. The van der Waals surface area contributed by atoms with E-state index in [-0.39, 0.29) is 36.5 Å². The van der Waals surface area contributed by atoms with Crippen molar-refractivity contribution >= 4 is 52.9 Å². The Morgan fingerprint density at radius 1 is 1.19 bits per heavy atom. The first kappa shape index (κ1) is 24.8. The molecule has 0 aliphatic carbocycles. The Balaban J connectivity index is 0.00000289. The van der Waals surface area contributed by atoms with Crippen LogP contribution in [0.2, 0.25) is 0 Å². The first-order valence-corrected chi connectivity index (χ1v) is 11.9. The number of hydrogen-bond donors (Lipinski definition) is 2. The zero-order valence-corrected chi connectivity index (χ0v) is 21.6. The van der Waals surface area contributed by atoms with Crippen molar-refractivity contribution in [3.8, 4) is 5.75 Å². The lowest BCUT2D eigenvalue weighted by atomic mass is 10.2. The fourth-order valence-corrected chi connectivity index (χ4v) is 5.06. The molecular weight excluding hydrogens is 537 g/mol. The maximum Gasteiger partial charge on any atom is 0.265 e. The van der Waals surface area contributed by atoms with E-state index in [0.717, 1.165) is 50.0 Å². The minimum Gasteiger partial charge on any atom is -0.482 e. The van der Waals surface area contributed by atoms with Gasteiger partial charge in [0.2, 0.25) is 0 Å². The van der Waals surface area contributed by atoms with Gasteiger partial charge in [0.05, 0.1) is 11.7 Å². The van der Waals surface area contributed by atoms with Crippen molar-refractivity contribution in [2.75, 3.05) is 51.3 Å². The van der Waals surface area contributed by atoms with Gasteiger partial charge >= 0.3 is 0 Å². The monoisotopic (exact) mass is 569 g/mol. The van der Waals surface area contributed by atoms with Crippen molar-refractivity contribution < 1.29 is 9.53 Å². The second-order valence-electron chi connectivity index (χ2n) is 7.81. The standard InChI is InChI=1S/C23H31N5O2S.HI/c1-24-23(26-16-19(21-10-6-15-31-21)27-12-4-5-13-27)25-11-7-14-28-18-8-2-3-9-20(18)30-17-22(28)29;/h2-3,6,8-10,15,19H,4-5,7,11-14,16-17H2,1H3,(H2,24,25,26);1H. The van der Waals surface area contributed by atoms with Crippen molar-refractivity contribution in [2.45, 2.75) is 25.3 Å². The lowest BCUT2D eigenvalue weighted by molar-refractivity contribution is -0.121. The predicted molar refractivity (Wildman–Crippen MR) is 142 cm³/mol. The third-order valence-corrected chi connectivity index (χ3v) is 6.77. The molecule has 0 bridgehead atoms. The third-order valence-electron chi connectivity index (χ3n) is 5.80. The number of aliphatic imine (C=N–C) groups is 1. The van der Waals surface area contributed by atoms with Crippen LogP contribution >= 0.6 is 35.3 Å². The Kier molecular flexibility index (Phi) is 9.61. The fourth-order valence-electron chi connectivity index (χ4n) is 4.20. The fraction of sp³-hybridized carbons (Fsp3) is 0.478. The number of carbonyl (C=O) groups excluding carboxylic acids is 1. The van der Waals surface area contributed by atoms with Crippen LogP contribution in [0.5, 0.6) is 5.75 Å². The topological polar surface area (TPSA) is 69.2 Å². The molecule has 7 nitrogen and oxygen atoms in total. The van der Waals surface area contributed by atoms with Gasteiger partial charge in [-0.15, -0.1) is 35.3 Å². The van der Waals surface area contributed by atoms with Crippen LogP contribution < -0.4 is 20.3 Å². The summed E-state index contributed by atoms with van der Waals surface area (Å²) in [6, 6.07) is 12.4. The van der Waals surface area contributed by atoms with Gasteiger partial charge in [-0.25, -0.2) is 0 Å². The van der Waals surface area contributed by atoms with Crippen LogP contribution in [-0.2, 0) is 4.79 Å². The number of nitrogens with zero attached hydrogens (tertiary/aromatic N) is 3. The molecule has 2 N–H and O–H groups in total. The Morgan fingerprint density at radius 3 is 2.75 bits per heavy atom. The van der Waals surface area contributed by atoms with Crippen molar-refractivity contribution in [1.82, 2.24) is 15.5 Å². The summed E-state index contributed by atoms with van der Waals surface area (Å²) in [6.45, 7) is 4.63. The van der Waals surface area contributed by atoms with Crippen LogP contribution in [0.1, 0.15) is 30.2 Å². The highest BCUT2D eigenvalue weighted by molar-refractivity contribution is 14.0. The van der Waals surface area contributed by atoms with Gasteiger partial charge in [-0.05, 0) is 55.9 Å². The highest BCUT2D eigenvalue weighted by Gasteiger charge is 2.25. The summed E-state index contributed by atoms with van der Waals surface area (Å²) < 4.78 is 5.52. The van der Waals surface area contributed by atoms with Gasteiger partial charge in [0.25, 0.3) is 5.91 Å². The maximum absolute atomic E-state index is 12.3. The molecule has 32 heavy (non-hydrogen) atoms. The van der Waals surface area contributed by atoms with E-state index < -0.39 is 0 Å². The van der Waals surface area contributed by atoms with E-state index in [4.69, 9.17) is 4.74 Å². The number of guanidine groups is 1. The summed E-state index contributed by atoms with van der Waals surface area (Å²) in [4.78, 5) is 22.5. The first-order valence-electron chi connectivity index (χ1n) is 11.0. The number of thiophene rings is 1. The van der Waals surface area contributed by atoms with E-state index in [1.54, 1.807) is 7.05 Å². The Bertz CT molecular complexity index is 886. The number of para-hydroxylation sites is 2. The highest BCUT2D eigenvalue weighted by Crippen LogP contribution is 2.31. The minimum absolute atomic E-state index is 0. The Labute approximate surface area is 211 Å². The number of carbonyl (C=O) groups is 1. The summed E-state index contributed by atoms with van der Waals surface area (Å²) in [5, 5.41) is 9.04. The molecule has 1 aromatic heterocycles. The van der Waals surface area contributed by atoms with Gasteiger partial charge in [0.1, 0.15) is 5.75 Å². The molecule has 1 fully saturated rings. The largest absolute Gasteiger partial charge is 0.482 e. The zero-order valence-electron chi connectivity index (χ0n) is 18.5. The molecule has 1 amide bonds. The molecule has 1 unspecified atom stereocenters. The van der Waals surface area contributed by atoms with E-state index in [0.29, 0.717) is 12.6 Å². The molecule has 174 valence electrons. The molecule has 9 heteroatoms. The second-order valence-corrected chi connectivity index (χ2v) is 8.79. The van der Waals surface area contributed by atoms with Crippen LogP contribution in [0.4, 0.5) is 5.69 Å². The predicted octanol–water partition coefficient (Wildman–Crippen LogP) is 3.48. The molecule has 2 aromatic rings. The van der Waals surface area contributed by atoms with Crippen LogP contribution in [0, 0.1) is 0 Å². The zero-order chi connectivity index (χ0) is 21.5. The van der Waals surface area contributed by atoms with E-state index in [9.17, 15) is 4.79 Å². The summed E-state index contributed by atoms with van der Waals surface area (Å²) >= 11 is 1.82. The first-order chi connectivity index (χ1) is 15.3. The molecule has 1 atom stereocenters. The average molecular weight is 570 g/mol. The number of nitrogens with one attached hydrogen (secondary N) is 2. The summed E-state index contributed by atoms with van der Waals surface area (Å²) in [5.41, 5.74) is 0.852. The number of benzene rings is 1. The van der Waals surface area contributed by atoms with Gasteiger partial charge in [-0.3, -0.25) is 14.7 Å². The van der Waals surface area contributed by atoms with Crippen LogP contribution in [0.15, 0.2) is 46.8 Å². The Hall–Kier alpha value is -1.85. The molecule has 2 aliphatic rings. The summed E-state index contributed by atoms with van der Waals surface area (Å²) in [6.07, 6.45) is 3.37. The number of ether oxygens (including phenoxy) is 1. The van der Waals surface area contributed by atoms with Crippen LogP contribution in [0.3, 0.4) is 0 Å². The lowest BCUT2D eigenvalue weighted by Crippen LogP contribution is -2.44. The van der Waals surface area contributed by atoms with Gasteiger partial charge in [0.15, 0.2) is 12.6 Å². The number of halogens is 1. The molecule has 4 rings (SSSR count). The molecule has 0 radical (unpaired) electrons. The lowest BCUT2D eigenvalue weighted by Gasteiger charge is -2.29. The van der Waals surface area contributed by atoms with Crippen molar-refractivity contribution in [3.05, 3.63) is 46.7 Å². The van der Waals surface area contributed by atoms with Crippen molar-refractivity contribution in [1.29, 1.82) is 0 Å². The number of likely N-dealkylation sites (tertiary alicyclic amines) is 1. The number of amides is 1. The smallest absolute Gasteiger partial charge is 0.265 e. The maximum atomic E-state index is 12.3. The van der Waals surface area contributed by atoms with Crippen LogP contribution in [-0.4, -0.2) is 63.1 Å². The van der Waals surface area contributed by atoms with E-state index >= 15 is 0 Å². The van der Waals surface area contributed by atoms with Gasteiger partial charge in [-0.1, -0.05) is 18.2 Å². The molecular formula is C23H32IN5O2S. The number of rotatable bonds is 8. The highest BCUT2D eigenvalue weighted by atomic mass is 127. The van der Waals surface area contributed by atoms with Gasteiger partial charge in [-0.2, -0.15) is 0 Å². The normalized spacial score (nSPS) is 17.3. The Morgan fingerprint density at radius 2 is 2.00 bits per heavy atom. The number of hydrogen-bond acceptors (Lipinski definition) is 5. The quantitative estimate of drug-likeness (QED) is 0.221. The molecule has 0 saturated carbocycles. The van der Waals surface area contributed by atoms with Crippen LogP contribution in [0.25, 0.3) is 0 Å². The molecule has 2 aliphatic heterocycles. The van der Waals surface area contributed by atoms with Gasteiger partial charge in [0, 0.05) is 31.6 Å². The molecule has 1 aromatic carbocycles. The third kappa shape index (κ3) is 6.14. The number of anilines is 1. The molecule has 1 saturated heterocycles. The minimum atomic E-state index is 0. The van der Waals surface area contributed by atoms with Gasteiger partial charge < -0.3 is 20.3 Å². The number of fused-ring (bicyclic) bond motifs is 1. The SMILES string of the molecule is CN=C(NCCCN1C(=O)COc2ccccc21)NCC(c1cccs1)N1CCCC1.I. The van der Waals surface area contributed by atoms with E-state index in [2.05, 4.69) is 38.0 Å². The molecule has 3 heterocycles. The average Bonchev–Trinajstić information content (AvgIpc) is 3.51. The summed E-state index contributed by atoms with van der Waals surface area (Å²) in [5.74, 6) is 1.58.